The van der Waals surface area contributed by atoms with Crippen LogP contribution >= 0.6 is 0 Å². The number of hydrogen-bond donors (Lipinski definition) is 1. The van der Waals surface area contributed by atoms with Gasteiger partial charge in [-0.2, -0.15) is 0 Å². The van der Waals surface area contributed by atoms with E-state index in [2.05, 4.69) is 48.2 Å². The van der Waals surface area contributed by atoms with Crippen LogP contribution in [0.15, 0.2) is 78.9 Å². The molecule has 0 atom stereocenters. The van der Waals surface area contributed by atoms with E-state index < -0.39 is 0 Å². The topological polar surface area (TPSA) is 56.7 Å². The fraction of sp³-hybridized carbons (Fsp3) is 0.312. The molecule has 0 unspecified atom stereocenters. The molecular formula is C32H33N3O2. The van der Waals surface area contributed by atoms with Gasteiger partial charge in [0.25, 0.3) is 5.91 Å². The van der Waals surface area contributed by atoms with Gasteiger partial charge in [-0.25, -0.2) is 4.98 Å². The lowest BCUT2D eigenvalue weighted by Crippen LogP contribution is -2.38. The van der Waals surface area contributed by atoms with E-state index in [0.29, 0.717) is 6.54 Å². The van der Waals surface area contributed by atoms with E-state index in [9.17, 15) is 9.90 Å². The van der Waals surface area contributed by atoms with Crippen LogP contribution in [0, 0.1) is 6.92 Å². The van der Waals surface area contributed by atoms with Crippen molar-refractivity contribution in [2.45, 2.75) is 51.3 Å². The zero-order valence-corrected chi connectivity index (χ0v) is 21.3. The van der Waals surface area contributed by atoms with Crippen LogP contribution in [0.1, 0.15) is 47.2 Å². The molecule has 5 nitrogen and oxygen atoms in total. The Kier molecular flexibility index (Phi) is 6.39. The number of fused-ring (bicyclic) bond motifs is 1. The van der Waals surface area contributed by atoms with E-state index in [4.69, 9.17) is 4.98 Å². The highest BCUT2D eigenvalue weighted by atomic mass is 16.3. The Hall–Kier alpha value is -3.70. The number of aliphatic hydroxyl groups is 1. The van der Waals surface area contributed by atoms with Crippen LogP contribution < -0.4 is 4.90 Å². The minimum atomic E-state index is -0.245. The second-order valence-corrected chi connectivity index (χ2v) is 10.4. The molecule has 2 heterocycles. The van der Waals surface area contributed by atoms with Gasteiger partial charge in [-0.1, -0.05) is 60.7 Å². The molecule has 6 rings (SSSR count). The van der Waals surface area contributed by atoms with Crippen LogP contribution in [-0.2, 0) is 6.54 Å². The lowest BCUT2D eigenvalue weighted by Gasteiger charge is -2.33. The Bertz CT molecular complexity index is 1410. The minimum Gasteiger partial charge on any atom is -0.393 e. The van der Waals surface area contributed by atoms with Crippen LogP contribution in [0.25, 0.3) is 22.0 Å². The first kappa shape index (κ1) is 23.7. The maximum Gasteiger partial charge on any atom is 0.254 e. The number of aliphatic hydroxyl groups excluding tert-OH is 1. The predicted octanol–water partition coefficient (Wildman–Crippen LogP) is 5.98. The van der Waals surface area contributed by atoms with Gasteiger partial charge >= 0.3 is 0 Å². The lowest BCUT2D eigenvalue weighted by atomic mass is 10.0. The lowest BCUT2D eigenvalue weighted by molar-refractivity contribution is 0.0730. The summed E-state index contributed by atoms with van der Waals surface area (Å²) in [4.78, 5) is 23.3. The SMILES string of the molecule is Cc1cccc2cc(CN(C(=O)c3ccc(-c4ccccc4)cc3)C3CC3)c(N3CCC(O)CC3)nc12. The van der Waals surface area contributed by atoms with Crippen LogP contribution in [0.3, 0.4) is 0 Å². The molecule has 3 aromatic carbocycles. The first-order valence-corrected chi connectivity index (χ1v) is 13.4. The van der Waals surface area contributed by atoms with Gasteiger partial charge in [-0.05, 0) is 67.5 Å². The Morgan fingerprint density at radius 2 is 1.62 bits per heavy atom. The van der Waals surface area contributed by atoms with Gasteiger partial charge in [-0.15, -0.1) is 0 Å². The standard InChI is InChI=1S/C32H33N3O2/c1-22-6-5-9-26-20-27(31(33-30(22)26)34-18-16-29(36)17-19-34)21-35(28-14-15-28)32(37)25-12-10-24(11-13-25)23-7-3-2-4-8-23/h2-13,20,28-29,36H,14-19,21H2,1H3. The first-order valence-electron chi connectivity index (χ1n) is 13.4. The summed E-state index contributed by atoms with van der Waals surface area (Å²) in [6.07, 6.45) is 3.32. The van der Waals surface area contributed by atoms with E-state index in [1.807, 2.05) is 47.4 Å². The summed E-state index contributed by atoms with van der Waals surface area (Å²) >= 11 is 0. The van der Waals surface area contributed by atoms with E-state index in [0.717, 1.165) is 83.3 Å². The largest absolute Gasteiger partial charge is 0.393 e. The second kappa shape index (κ2) is 9.98. The number of piperidine rings is 1. The van der Waals surface area contributed by atoms with Crippen molar-refractivity contribution < 1.29 is 9.90 Å². The Labute approximate surface area is 218 Å². The number of amides is 1. The fourth-order valence-electron chi connectivity index (χ4n) is 5.39. The highest BCUT2D eigenvalue weighted by Crippen LogP contribution is 2.34. The number of carbonyl (C=O) groups is 1. The number of aryl methyl sites for hydroxylation is 1. The third-order valence-corrected chi connectivity index (χ3v) is 7.70. The van der Waals surface area contributed by atoms with Crippen molar-refractivity contribution in [3.8, 4) is 11.1 Å². The molecular weight excluding hydrogens is 458 g/mol. The van der Waals surface area contributed by atoms with E-state index in [1.54, 1.807) is 0 Å². The molecule has 0 spiro atoms. The molecule has 1 aromatic heterocycles. The average molecular weight is 492 g/mol. The monoisotopic (exact) mass is 491 g/mol. The minimum absolute atomic E-state index is 0.0754. The number of benzene rings is 3. The molecule has 0 bridgehead atoms. The number of pyridine rings is 1. The third kappa shape index (κ3) is 4.96. The van der Waals surface area contributed by atoms with E-state index in [1.165, 1.54) is 0 Å². The van der Waals surface area contributed by atoms with Crippen LogP contribution in [0.2, 0.25) is 0 Å². The van der Waals surface area contributed by atoms with Crippen LogP contribution in [0.5, 0.6) is 0 Å². The maximum absolute atomic E-state index is 13.8. The Morgan fingerprint density at radius 1 is 0.919 bits per heavy atom. The quantitative estimate of drug-likeness (QED) is 0.361. The summed E-state index contributed by atoms with van der Waals surface area (Å²) in [5.74, 6) is 1.03. The number of carbonyl (C=O) groups excluding carboxylic acids is 1. The highest BCUT2D eigenvalue weighted by Gasteiger charge is 2.34. The molecule has 37 heavy (non-hydrogen) atoms. The summed E-state index contributed by atoms with van der Waals surface area (Å²) in [5.41, 5.74) is 6.21. The summed E-state index contributed by atoms with van der Waals surface area (Å²) in [6, 6.07) is 27.0. The van der Waals surface area contributed by atoms with Crippen molar-refractivity contribution in [1.82, 2.24) is 9.88 Å². The normalized spacial score (nSPS) is 16.2. The Balaban J connectivity index is 1.32. The van der Waals surface area contributed by atoms with E-state index in [-0.39, 0.29) is 18.1 Å². The van der Waals surface area contributed by atoms with Crippen molar-refractivity contribution in [1.29, 1.82) is 0 Å². The zero-order valence-electron chi connectivity index (χ0n) is 21.3. The molecule has 4 aromatic rings. The molecule has 1 aliphatic carbocycles. The molecule has 2 fully saturated rings. The molecule has 1 saturated carbocycles. The van der Waals surface area contributed by atoms with Gasteiger partial charge in [0.1, 0.15) is 5.82 Å². The van der Waals surface area contributed by atoms with Gasteiger partial charge in [0.15, 0.2) is 0 Å². The average Bonchev–Trinajstić information content (AvgIpc) is 3.78. The number of anilines is 1. The van der Waals surface area contributed by atoms with E-state index >= 15 is 0 Å². The summed E-state index contributed by atoms with van der Waals surface area (Å²) in [7, 11) is 0. The maximum atomic E-state index is 13.8. The molecule has 1 N–H and O–H groups in total. The fourth-order valence-corrected chi connectivity index (χ4v) is 5.39. The number of aromatic nitrogens is 1. The second-order valence-electron chi connectivity index (χ2n) is 10.4. The number of para-hydroxylation sites is 1. The molecule has 1 aliphatic heterocycles. The van der Waals surface area contributed by atoms with Crippen molar-refractivity contribution in [3.63, 3.8) is 0 Å². The summed E-state index contributed by atoms with van der Waals surface area (Å²) in [5, 5.41) is 11.2. The van der Waals surface area contributed by atoms with Gasteiger partial charge < -0.3 is 14.9 Å². The summed E-state index contributed by atoms with van der Waals surface area (Å²) < 4.78 is 0. The van der Waals surface area contributed by atoms with Crippen molar-refractivity contribution in [3.05, 3.63) is 95.6 Å². The van der Waals surface area contributed by atoms with Gasteiger partial charge in [-0.3, -0.25) is 4.79 Å². The van der Waals surface area contributed by atoms with Crippen LogP contribution in [0.4, 0.5) is 5.82 Å². The van der Waals surface area contributed by atoms with Gasteiger partial charge in [0.2, 0.25) is 0 Å². The number of hydrogen-bond acceptors (Lipinski definition) is 4. The number of rotatable bonds is 6. The number of nitrogens with zero attached hydrogens (tertiary/aromatic N) is 3. The van der Waals surface area contributed by atoms with Gasteiger partial charge in [0.05, 0.1) is 11.6 Å². The highest BCUT2D eigenvalue weighted by molar-refractivity contribution is 5.95. The molecule has 2 aliphatic rings. The third-order valence-electron chi connectivity index (χ3n) is 7.70. The molecule has 1 saturated heterocycles. The smallest absolute Gasteiger partial charge is 0.254 e. The molecule has 1 amide bonds. The molecule has 188 valence electrons. The van der Waals surface area contributed by atoms with Crippen molar-refractivity contribution in [2.24, 2.45) is 0 Å². The van der Waals surface area contributed by atoms with Crippen molar-refractivity contribution in [2.75, 3.05) is 18.0 Å². The summed E-state index contributed by atoms with van der Waals surface area (Å²) in [6.45, 7) is 4.18. The van der Waals surface area contributed by atoms with Gasteiger partial charge in [0, 0.05) is 42.2 Å². The molecule has 5 heteroatoms. The predicted molar refractivity (Wildman–Crippen MR) is 149 cm³/mol. The van der Waals surface area contributed by atoms with Crippen LogP contribution in [-0.4, -0.2) is 46.1 Å². The first-order chi connectivity index (χ1) is 18.1. The Morgan fingerprint density at radius 3 is 2.32 bits per heavy atom. The molecule has 0 radical (unpaired) electrons. The van der Waals surface area contributed by atoms with Crippen molar-refractivity contribution >= 4 is 22.6 Å². The zero-order chi connectivity index (χ0) is 25.4.